The summed E-state index contributed by atoms with van der Waals surface area (Å²) >= 11 is 11.9. The van der Waals surface area contributed by atoms with Gasteiger partial charge >= 0.3 is 0 Å². The normalized spacial score (nSPS) is 15.9. The summed E-state index contributed by atoms with van der Waals surface area (Å²) in [6.45, 7) is 0. The van der Waals surface area contributed by atoms with Crippen molar-refractivity contribution >= 4 is 35.1 Å². The first-order chi connectivity index (χ1) is 9.15. The minimum Gasteiger partial charge on any atom is -0.289 e. The van der Waals surface area contributed by atoms with Crippen LogP contribution in [0.1, 0.15) is 21.5 Å². The van der Waals surface area contributed by atoms with Gasteiger partial charge in [-0.3, -0.25) is 4.79 Å². The van der Waals surface area contributed by atoms with E-state index >= 15 is 0 Å². The molecule has 0 fully saturated rings. The zero-order chi connectivity index (χ0) is 13.4. The van der Waals surface area contributed by atoms with E-state index in [2.05, 4.69) is 0 Å². The molecule has 0 bridgehead atoms. The Morgan fingerprint density at radius 2 is 1.79 bits per heavy atom. The zero-order valence-electron chi connectivity index (χ0n) is 9.99. The van der Waals surface area contributed by atoms with Gasteiger partial charge in [-0.05, 0) is 29.3 Å². The molecule has 2 aromatic carbocycles. The molecule has 2 aromatic rings. The van der Waals surface area contributed by atoms with Crippen LogP contribution in [0.2, 0.25) is 10.0 Å². The summed E-state index contributed by atoms with van der Waals surface area (Å²) in [5, 5.41) is 1.02. The van der Waals surface area contributed by atoms with Crippen LogP contribution in [-0.4, -0.2) is 5.78 Å². The van der Waals surface area contributed by atoms with Gasteiger partial charge in [0.1, 0.15) is 0 Å². The predicted octanol–water partition coefficient (Wildman–Crippen LogP) is 4.82. The minimum atomic E-state index is 0.0988. The maximum absolute atomic E-state index is 12.2. The number of rotatable bonds is 1. The molecule has 1 aliphatic carbocycles. The Labute approximate surface area is 121 Å². The lowest BCUT2D eigenvalue weighted by Crippen LogP contribution is -1.94. The second-order valence-corrected chi connectivity index (χ2v) is 5.32. The highest BCUT2D eigenvalue weighted by molar-refractivity contribution is 6.42. The Morgan fingerprint density at radius 3 is 2.53 bits per heavy atom. The second-order valence-electron chi connectivity index (χ2n) is 4.51. The fraction of sp³-hybridized carbons (Fsp3) is 0.0625. The van der Waals surface area contributed by atoms with Crippen molar-refractivity contribution in [2.45, 2.75) is 6.42 Å². The monoisotopic (exact) mass is 288 g/mol. The zero-order valence-corrected chi connectivity index (χ0v) is 11.5. The average Bonchev–Trinajstić information content (AvgIpc) is 2.72. The van der Waals surface area contributed by atoms with E-state index in [0.29, 0.717) is 16.5 Å². The number of allylic oxidation sites excluding steroid dienone is 1. The minimum absolute atomic E-state index is 0.0988. The van der Waals surface area contributed by atoms with Gasteiger partial charge in [0.05, 0.1) is 10.0 Å². The molecule has 0 aromatic heterocycles. The van der Waals surface area contributed by atoms with E-state index in [9.17, 15) is 4.79 Å². The smallest absolute Gasteiger partial charge is 0.189 e. The highest BCUT2D eigenvalue weighted by Gasteiger charge is 2.23. The summed E-state index contributed by atoms with van der Waals surface area (Å²) in [6.07, 6.45) is 2.56. The molecule has 0 aliphatic heterocycles. The third kappa shape index (κ3) is 2.32. The Hall–Kier alpha value is -1.57. The lowest BCUT2D eigenvalue weighted by Gasteiger charge is -1.99. The Bertz CT molecular complexity index is 702. The fourth-order valence-corrected chi connectivity index (χ4v) is 2.58. The third-order valence-corrected chi connectivity index (χ3v) is 3.96. The molecule has 1 nitrogen and oxygen atoms in total. The highest BCUT2D eigenvalue weighted by Crippen LogP contribution is 2.29. The number of carbonyl (C=O) groups excluding carboxylic acids is 1. The lowest BCUT2D eigenvalue weighted by atomic mass is 10.1. The number of halogens is 2. The summed E-state index contributed by atoms with van der Waals surface area (Å²) in [7, 11) is 0. The van der Waals surface area contributed by atoms with Gasteiger partial charge in [-0.25, -0.2) is 0 Å². The fourth-order valence-electron chi connectivity index (χ4n) is 2.27. The van der Waals surface area contributed by atoms with E-state index in [-0.39, 0.29) is 5.78 Å². The first-order valence-electron chi connectivity index (χ1n) is 5.93. The van der Waals surface area contributed by atoms with Crippen LogP contribution >= 0.6 is 23.2 Å². The van der Waals surface area contributed by atoms with Gasteiger partial charge in [-0.2, -0.15) is 0 Å². The van der Waals surface area contributed by atoms with E-state index in [1.54, 1.807) is 12.1 Å². The van der Waals surface area contributed by atoms with Gasteiger partial charge < -0.3 is 0 Å². The Morgan fingerprint density at radius 1 is 1.00 bits per heavy atom. The van der Waals surface area contributed by atoms with E-state index in [1.807, 2.05) is 36.4 Å². The number of Topliss-reactive ketones (excluding diaryl/α,β-unsaturated/α-hetero) is 1. The van der Waals surface area contributed by atoms with Crippen molar-refractivity contribution in [1.82, 2.24) is 0 Å². The highest BCUT2D eigenvalue weighted by atomic mass is 35.5. The van der Waals surface area contributed by atoms with E-state index < -0.39 is 0 Å². The van der Waals surface area contributed by atoms with Crippen molar-refractivity contribution in [3.63, 3.8) is 0 Å². The maximum atomic E-state index is 12.2. The number of carbonyl (C=O) groups is 1. The molecule has 1 aliphatic rings. The van der Waals surface area contributed by atoms with Gasteiger partial charge in [-0.15, -0.1) is 0 Å². The van der Waals surface area contributed by atoms with Gasteiger partial charge in [0.15, 0.2) is 5.78 Å². The van der Waals surface area contributed by atoms with Gasteiger partial charge in [0.25, 0.3) is 0 Å². The SMILES string of the molecule is O=C1/C(=C\c2ccc(Cl)c(Cl)c2)Cc2ccccc21. The molecule has 0 radical (unpaired) electrons. The van der Waals surface area contributed by atoms with Crippen molar-refractivity contribution in [3.8, 4) is 0 Å². The molecule has 0 atom stereocenters. The Balaban J connectivity index is 1.98. The van der Waals surface area contributed by atoms with Gasteiger partial charge in [0.2, 0.25) is 0 Å². The molecule has 3 heteroatoms. The van der Waals surface area contributed by atoms with Gasteiger partial charge in [0, 0.05) is 17.6 Å². The molecule has 0 saturated heterocycles. The Kier molecular flexibility index (Phi) is 3.17. The van der Waals surface area contributed by atoms with Crippen LogP contribution < -0.4 is 0 Å². The molecule has 0 N–H and O–H groups in total. The molecular weight excluding hydrogens is 279 g/mol. The third-order valence-electron chi connectivity index (χ3n) is 3.22. The molecule has 0 heterocycles. The van der Waals surface area contributed by atoms with Crippen molar-refractivity contribution in [1.29, 1.82) is 0 Å². The second kappa shape index (κ2) is 4.84. The first-order valence-corrected chi connectivity index (χ1v) is 6.69. The van der Waals surface area contributed by atoms with Crippen molar-refractivity contribution in [2.24, 2.45) is 0 Å². The largest absolute Gasteiger partial charge is 0.289 e. The van der Waals surface area contributed by atoms with E-state index in [4.69, 9.17) is 23.2 Å². The lowest BCUT2D eigenvalue weighted by molar-refractivity contribution is 0.104. The summed E-state index contributed by atoms with van der Waals surface area (Å²) < 4.78 is 0. The summed E-state index contributed by atoms with van der Waals surface area (Å²) in [6, 6.07) is 13.1. The molecular formula is C16H10Cl2O. The average molecular weight is 289 g/mol. The van der Waals surface area contributed by atoms with Gasteiger partial charge in [-0.1, -0.05) is 53.5 Å². The quantitative estimate of drug-likeness (QED) is 0.688. The van der Waals surface area contributed by atoms with Crippen LogP contribution in [-0.2, 0) is 6.42 Å². The molecule has 0 amide bonds. The van der Waals surface area contributed by atoms with Crippen LogP contribution in [0.4, 0.5) is 0 Å². The van der Waals surface area contributed by atoms with Crippen LogP contribution in [0.25, 0.3) is 6.08 Å². The number of benzene rings is 2. The maximum Gasteiger partial charge on any atom is 0.189 e. The number of fused-ring (bicyclic) bond motifs is 1. The van der Waals surface area contributed by atoms with Crippen LogP contribution in [0.3, 0.4) is 0 Å². The molecule has 0 saturated carbocycles. The van der Waals surface area contributed by atoms with Crippen molar-refractivity contribution in [2.75, 3.05) is 0 Å². The topological polar surface area (TPSA) is 17.1 Å². The molecule has 19 heavy (non-hydrogen) atoms. The predicted molar refractivity (Wildman–Crippen MR) is 78.9 cm³/mol. The van der Waals surface area contributed by atoms with E-state index in [1.165, 1.54) is 0 Å². The van der Waals surface area contributed by atoms with Crippen LogP contribution in [0, 0.1) is 0 Å². The van der Waals surface area contributed by atoms with Crippen molar-refractivity contribution < 1.29 is 4.79 Å². The van der Waals surface area contributed by atoms with E-state index in [0.717, 1.165) is 22.3 Å². The molecule has 0 spiro atoms. The van der Waals surface area contributed by atoms with Crippen LogP contribution in [0.15, 0.2) is 48.0 Å². The summed E-state index contributed by atoms with van der Waals surface area (Å²) in [4.78, 5) is 12.2. The molecule has 0 unspecified atom stereocenters. The molecule has 94 valence electrons. The standard InChI is InChI=1S/C16H10Cl2O/c17-14-6-5-10(8-15(14)18)7-12-9-11-3-1-2-4-13(11)16(12)19/h1-8H,9H2/b12-7-. The first kappa shape index (κ1) is 12.5. The summed E-state index contributed by atoms with van der Waals surface area (Å²) in [5.74, 6) is 0.0988. The molecule has 3 rings (SSSR count). The number of hydrogen-bond acceptors (Lipinski definition) is 1. The summed E-state index contributed by atoms with van der Waals surface area (Å²) in [5.41, 5.74) is 3.57. The number of hydrogen-bond donors (Lipinski definition) is 0. The number of ketones is 1. The van der Waals surface area contributed by atoms with Crippen molar-refractivity contribution in [3.05, 3.63) is 74.8 Å². The van der Waals surface area contributed by atoms with Crippen LogP contribution in [0.5, 0.6) is 0 Å².